The summed E-state index contributed by atoms with van der Waals surface area (Å²) >= 11 is 0. The minimum atomic E-state index is -4.68. The largest absolute Gasteiger partial charge is 0.573 e. The van der Waals surface area contributed by atoms with Gasteiger partial charge in [0.05, 0.1) is 5.60 Å². The van der Waals surface area contributed by atoms with Crippen molar-refractivity contribution in [1.82, 2.24) is 10.3 Å². The number of nitrogens with one attached hydrogen (secondary N) is 1. The Hall–Kier alpha value is -2.12. The fourth-order valence-corrected chi connectivity index (χ4v) is 5.41. The number of nitrogens with zero attached hydrogens (tertiary/aromatic N) is 1. The first-order valence-electron chi connectivity index (χ1n) is 11.4. The van der Waals surface area contributed by atoms with E-state index in [-0.39, 0.29) is 16.8 Å². The molecule has 1 N–H and O–H groups in total. The first-order valence-corrected chi connectivity index (χ1v) is 11.4. The minimum absolute atomic E-state index is 0.0979. The zero-order valence-electron chi connectivity index (χ0n) is 18.5. The van der Waals surface area contributed by atoms with Crippen LogP contribution >= 0.6 is 0 Å². The van der Waals surface area contributed by atoms with Crippen LogP contribution in [0.1, 0.15) is 61.6 Å². The summed E-state index contributed by atoms with van der Waals surface area (Å²) in [5.74, 6) is -0.177. The first-order chi connectivity index (χ1) is 15.3. The SMILES string of the molecule is Cc1ccncc1CNCC[C@@]1(c2ccc(OC(F)(F)F)cc2)CCOC2(CCCC2)C1. The highest BCUT2D eigenvalue weighted by atomic mass is 19.4. The van der Waals surface area contributed by atoms with Gasteiger partial charge in [-0.25, -0.2) is 0 Å². The predicted molar refractivity (Wildman–Crippen MR) is 116 cm³/mol. The molecule has 32 heavy (non-hydrogen) atoms. The van der Waals surface area contributed by atoms with Crippen LogP contribution in [0.2, 0.25) is 0 Å². The third kappa shape index (κ3) is 5.44. The molecule has 2 heterocycles. The second-order valence-electron chi connectivity index (χ2n) is 9.25. The molecule has 7 heteroatoms. The highest BCUT2D eigenvalue weighted by Crippen LogP contribution is 2.50. The summed E-state index contributed by atoms with van der Waals surface area (Å²) in [5, 5.41) is 3.55. The Kier molecular flexibility index (Phi) is 6.77. The number of aryl methyl sites for hydroxylation is 1. The molecule has 1 aromatic heterocycles. The maximum absolute atomic E-state index is 12.6. The van der Waals surface area contributed by atoms with Crippen LogP contribution < -0.4 is 10.1 Å². The molecular formula is C25H31F3N2O2. The Morgan fingerprint density at radius 2 is 1.84 bits per heavy atom. The smallest absolute Gasteiger partial charge is 0.406 e. The summed E-state index contributed by atoms with van der Waals surface area (Å²) in [5.41, 5.74) is 3.23. The van der Waals surface area contributed by atoms with Gasteiger partial charge >= 0.3 is 6.36 Å². The molecule has 0 unspecified atom stereocenters. The summed E-state index contributed by atoms with van der Waals surface area (Å²) in [6.07, 6.45) is 6.15. The Bertz CT molecular complexity index is 895. The van der Waals surface area contributed by atoms with Crippen LogP contribution in [0.15, 0.2) is 42.7 Å². The van der Waals surface area contributed by atoms with E-state index in [0.717, 1.165) is 50.8 Å². The zero-order chi connectivity index (χ0) is 22.7. The van der Waals surface area contributed by atoms with Crippen molar-refractivity contribution in [2.75, 3.05) is 13.2 Å². The van der Waals surface area contributed by atoms with Gasteiger partial charge in [-0.2, -0.15) is 0 Å². The lowest BCUT2D eigenvalue weighted by Gasteiger charge is -2.47. The van der Waals surface area contributed by atoms with Crippen molar-refractivity contribution in [3.8, 4) is 5.75 Å². The average molecular weight is 449 g/mol. The van der Waals surface area contributed by atoms with E-state index in [1.54, 1.807) is 18.3 Å². The van der Waals surface area contributed by atoms with Gasteiger partial charge in [0, 0.05) is 31.0 Å². The van der Waals surface area contributed by atoms with Gasteiger partial charge in [-0.15, -0.1) is 13.2 Å². The number of hydrogen-bond acceptors (Lipinski definition) is 4. The third-order valence-corrected chi connectivity index (χ3v) is 7.11. The van der Waals surface area contributed by atoms with E-state index in [2.05, 4.69) is 22.0 Å². The number of alkyl halides is 3. The topological polar surface area (TPSA) is 43.4 Å². The molecule has 2 aromatic rings. The van der Waals surface area contributed by atoms with E-state index < -0.39 is 6.36 Å². The summed E-state index contributed by atoms with van der Waals surface area (Å²) in [4.78, 5) is 4.21. The Balaban J connectivity index is 1.50. The maximum Gasteiger partial charge on any atom is 0.573 e. The van der Waals surface area contributed by atoms with Crippen LogP contribution in [0.25, 0.3) is 0 Å². The van der Waals surface area contributed by atoms with E-state index in [1.807, 2.05) is 12.3 Å². The van der Waals surface area contributed by atoms with Crippen LogP contribution in [-0.2, 0) is 16.7 Å². The summed E-state index contributed by atoms with van der Waals surface area (Å²) in [6.45, 7) is 4.32. The fraction of sp³-hybridized carbons (Fsp3) is 0.560. The first kappa shape index (κ1) is 23.1. The standard InChI is InChI=1S/C25H31F3N2O2/c1-19-8-13-29-16-20(19)17-30-14-11-23(12-15-31-24(18-23)9-2-3-10-24)21-4-6-22(7-5-21)32-25(26,27)28/h4-8,13,16,30H,2-3,9-12,14-15,17-18H2,1H3/t23-/m1/s1. The monoisotopic (exact) mass is 448 g/mol. The normalized spacial score (nSPS) is 22.9. The molecule has 2 fully saturated rings. The number of halogens is 3. The number of aromatic nitrogens is 1. The van der Waals surface area contributed by atoms with E-state index >= 15 is 0 Å². The van der Waals surface area contributed by atoms with Crippen molar-refractivity contribution in [2.45, 2.75) is 75.8 Å². The Morgan fingerprint density at radius 1 is 1.09 bits per heavy atom. The van der Waals surface area contributed by atoms with Crippen LogP contribution in [0.3, 0.4) is 0 Å². The highest BCUT2D eigenvalue weighted by Gasteiger charge is 2.47. The quantitative estimate of drug-likeness (QED) is 0.542. The lowest BCUT2D eigenvalue weighted by Crippen LogP contribution is -2.47. The van der Waals surface area contributed by atoms with E-state index in [0.29, 0.717) is 6.61 Å². The molecule has 1 saturated carbocycles. The van der Waals surface area contributed by atoms with Crippen LogP contribution in [0.5, 0.6) is 5.75 Å². The predicted octanol–water partition coefficient (Wildman–Crippen LogP) is 5.83. The molecule has 1 aromatic carbocycles. The second kappa shape index (κ2) is 9.40. The van der Waals surface area contributed by atoms with Crippen LogP contribution in [-0.4, -0.2) is 30.1 Å². The molecule has 1 spiro atoms. The van der Waals surface area contributed by atoms with E-state index in [1.165, 1.54) is 36.1 Å². The molecule has 1 aliphatic heterocycles. The van der Waals surface area contributed by atoms with E-state index in [9.17, 15) is 13.2 Å². The van der Waals surface area contributed by atoms with Crippen LogP contribution in [0, 0.1) is 6.92 Å². The van der Waals surface area contributed by atoms with Crippen molar-refractivity contribution in [3.63, 3.8) is 0 Å². The Morgan fingerprint density at radius 3 is 2.53 bits per heavy atom. The van der Waals surface area contributed by atoms with Crippen molar-refractivity contribution in [3.05, 3.63) is 59.4 Å². The van der Waals surface area contributed by atoms with Gasteiger partial charge in [0.1, 0.15) is 5.75 Å². The van der Waals surface area contributed by atoms with Crippen molar-refractivity contribution >= 4 is 0 Å². The molecule has 0 bridgehead atoms. The number of hydrogen-bond donors (Lipinski definition) is 1. The number of ether oxygens (including phenoxy) is 2. The molecule has 4 nitrogen and oxygen atoms in total. The highest BCUT2D eigenvalue weighted by molar-refractivity contribution is 5.34. The third-order valence-electron chi connectivity index (χ3n) is 7.11. The van der Waals surface area contributed by atoms with Gasteiger partial charge in [0.15, 0.2) is 0 Å². The lowest BCUT2D eigenvalue weighted by molar-refractivity contribution is -0.274. The zero-order valence-corrected chi connectivity index (χ0v) is 18.5. The van der Waals surface area contributed by atoms with E-state index in [4.69, 9.17) is 4.74 Å². The molecule has 174 valence electrons. The van der Waals surface area contributed by atoms with Gasteiger partial charge in [-0.1, -0.05) is 25.0 Å². The van der Waals surface area contributed by atoms with Crippen molar-refractivity contribution < 1.29 is 22.6 Å². The van der Waals surface area contributed by atoms with Crippen molar-refractivity contribution in [1.29, 1.82) is 0 Å². The number of benzene rings is 1. The summed E-state index contributed by atoms with van der Waals surface area (Å²) < 4.78 is 48.2. The minimum Gasteiger partial charge on any atom is -0.406 e. The lowest BCUT2D eigenvalue weighted by atomic mass is 9.66. The van der Waals surface area contributed by atoms with Crippen molar-refractivity contribution in [2.24, 2.45) is 0 Å². The molecule has 2 aliphatic rings. The fourth-order valence-electron chi connectivity index (χ4n) is 5.41. The summed E-state index contributed by atoms with van der Waals surface area (Å²) in [6, 6.07) is 8.49. The molecular weight excluding hydrogens is 417 g/mol. The average Bonchev–Trinajstić information content (AvgIpc) is 3.19. The molecule has 0 radical (unpaired) electrons. The number of rotatable bonds is 7. The molecule has 1 atom stereocenters. The van der Waals surface area contributed by atoms with Gasteiger partial charge in [0.25, 0.3) is 0 Å². The van der Waals surface area contributed by atoms with Gasteiger partial charge in [-0.3, -0.25) is 4.98 Å². The molecule has 1 aliphatic carbocycles. The van der Waals surface area contributed by atoms with Gasteiger partial charge in [-0.05, 0) is 80.5 Å². The maximum atomic E-state index is 12.6. The molecule has 1 saturated heterocycles. The second-order valence-corrected chi connectivity index (χ2v) is 9.25. The Labute approximate surface area is 187 Å². The van der Waals surface area contributed by atoms with Crippen LogP contribution in [0.4, 0.5) is 13.2 Å². The molecule has 0 amide bonds. The molecule has 4 rings (SSSR count). The van der Waals surface area contributed by atoms with Gasteiger partial charge in [0.2, 0.25) is 0 Å². The number of pyridine rings is 1. The summed E-state index contributed by atoms with van der Waals surface area (Å²) in [7, 11) is 0. The van der Waals surface area contributed by atoms with Gasteiger partial charge < -0.3 is 14.8 Å².